The van der Waals surface area contributed by atoms with Gasteiger partial charge in [0.05, 0.1) is 12.2 Å². The molecule has 1 aliphatic rings. The van der Waals surface area contributed by atoms with Crippen LogP contribution in [0.4, 0.5) is 0 Å². The lowest BCUT2D eigenvalue weighted by Gasteiger charge is -2.10. The number of nitrogens with two attached hydrogens (primary N) is 1. The number of allylic oxidation sites excluding steroid dienone is 1. The number of ketones is 1. The molecule has 1 aliphatic carbocycles. The van der Waals surface area contributed by atoms with Crippen LogP contribution in [0.5, 0.6) is 0 Å². The van der Waals surface area contributed by atoms with E-state index in [4.69, 9.17) is 5.73 Å². The molecule has 0 radical (unpaired) electrons. The number of rotatable bonds is 3. The van der Waals surface area contributed by atoms with Crippen LogP contribution < -0.4 is 5.73 Å². The molecule has 4 nitrogen and oxygen atoms in total. The zero-order valence-electron chi connectivity index (χ0n) is 9.79. The fourth-order valence-corrected chi connectivity index (χ4v) is 1.86. The number of hydrogen-bond acceptors (Lipinski definition) is 4. The molecule has 0 bridgehead atoms. The molecule has 3 N–H and O–H groups in total. The Labute approximate surface area is 95.6 Å². The van der Waals surface area contributed by atoms with Crippen molar-refractivity contribution in [2.45, 2.75) is 26.7 Å². The zero-order chi connectivity index (χ0) is 12.3. The zero-order valence-corrected chi connectivity index (χ0v) is 9.79. The molecule has 4 heteroatoms. The molecule has 0 aromatic rings. The number of aliphatic hydroxyl groups excluding tert-OH is 1. The van der Waals surface area contributed by atoms with Crippen molar-refractivity contribution >= 4 is 11.5 Å². The van der Waals surface area contributed by atoms with E-state index in [0.29, 0.717) is 5.70 Å². The highest BCUT2D eigenvalue weighted by molar-refractivity contribution is 6.04. The lowest BCUT2D eigenvalue weighted by Crippen LogP contribution is -2.12. The summed E-state index contributed by atoms with van der Waals surface area (Å²) in [5.41, 5.74) is 7.74. The largest absolute Gasteiger partial charge is 0.506 e. The lowest BCUT2D eigenvalue weighted by molar-refractivity contribution is -0.115. The molecule has 0 heterocycles. The Hall–Kier alpha value is -1.58. The minimum atomic E-state index is -0.126. The number of carbonyl (C=O) groups excluding carboxylic acids is 1. The van der Waals surface area contributed by atoms with Crippen molar-refractivity contribution < 1.29 is 9.90 Å². The molecular formula is C12H18N2O2. The third-order valence-corrected chi connectivity index (χ3v) is 2.71. The van der Waals surface area contributed by atoms with E-state index in [1.807, 2.05) is 6.92 Å². The van der Waals surface area contributed by atoms with Gasteiger partial charge in [0.2, 0.25) is 0 Å². The quantitative estimate of drug-likeness (QED) is 0.714. The second kappa shape index (κ2) is 4.96. The van der Waals surface area contributed by atoms with Crippen LogP contribution in [0.25, 0.3) is 0 Å². The van der Waals surface area contributed by atoms with Crippen LogP contribution in [0.3, 0.4) is 0 Å². The minimum absolute atomic E-state index is 0.0211. The predicted molar refractivity (Wildman–Crippen MR) is 64.4 cm³/mol. The third kappa shape index (κ3) is 2.72. The number of aliphatic imine (C=N–C) groups is 1. The standard InChI is InChI=1S/C12H18N2O2/c1-7-4-5-10(14-6-8(2)15)11(7)12(13)9(3)16/h7,16H,3-6,13H2,1-2H3/b12-11-,14-10?. The highest BCUT2D eigenvalue weighted by Crippen LogP contribution is 2.31. The van der Waals surface area contributed by atoms with Gasteiger partial charge in [-0.15, -0.1) is 0 Å². The number of carbonyl (C=O) groups is 1. The van der Waals surface area contributed by atoms with E-state index in [9.17, 15) is 9.90 Å². The van der Waals surface area contributed by atoms with Gasteiger partial charge < -0.3 is 10.8 Å². The first-order chi connectivity index (χ1) is 7.43. The van der Waals surface area contributed by atoms with Gasteiger partial charge in [-0.25, -0.2) is 0 Å². The van der Waals surface area contributed by atoms with Crippen molar-refractivity contribution in [3.8, 4) is 0 Å². The Balaban J connectivity index is 3.03. The number of nitrogens with zero attached hydrogens (tertiary/aromatic N) is 1. The molecule has 0 saturated heterocycles. The first-order valence-corrected chi connectivity index (χ1v) is 5.34. The summed E-state index contributed by atoms with van der Waals surface area (Å²) in [7, 11) is 0. The fourth-order valence-electron chi connectivity index (χ4n) is 1.86. The van der Waals surface area contributed by atoms with E-state index >= 15 is 0 Å². The molecule has 16 heavy (non-hydrogen) atoms. The molecule has 0 aromatic heterocycles. The normalized spacial score (nSPS) is 25.9. The summed E-state index contributed by atoms with van der Waals surface area (Å²) in [5, 5.41) is 9.30. The van der Waals surface area contributed by atoms with E-state index < -0.39 is 0 Å². The fraction of sp³-hybridized carbons (Fsp3) is 0.500. The van der Waals surface area contributed by atoms with Gasteiger partial charge in [-0.3, -0.25) is 9.79 Å². The minimum Gasteiger partial charge on any atom is -0.506 e. The van der Waals surface area contributed by atoms with Crippen LogP contribution in [-0.4, -0.2) is 23.1 Å². The van der Waals surface area contributed by atoms with Gasteiger partial charge in [0.1, 0.15) is 5.76 Å². The summed E-state index contributed by atoms with van der Waals surface area (Å²) in [6.07, 6.45) is 1.75. The SMILES string of the molecule is C=C(O)/C(N)=C1/C(=NCC(C)=O)CCC1C. The van der Waals surface area contributed by atoms with E-state index in [1.165, 1.54) is 6.92 Å². The van der Waals surface area contributed by atoms with Gasteiger partial charge >= 0.3 is 0 Å². The maximum atomic E-state index is 10.9. The molecule has 1 saturated carbocycles. The van der Waals surface area contributed by atoms with Gasteiger partial charge in [-0.1, -0.05) is 13.5 Å². The molecule has 1 fully saturated rings. The molecule has 88 valence electrons. The first kappa shape index (κ1) is 12.5. The number of hydrogen-bond donors (Lipinski definition) is 2. The topological polar surface area (TPSA) is 75.7 Å². The molecule has 1 unspecified atom stereocenters. The van der Waals surface area contributed by atoms with E-state index in [-0.39, 0.29) is 24.0 Å². The van der Waals surface area contributed by atoms with Crippen molar-refractivity contribution in [1.29, 1.82) is 0 Å². The van der Waals surface area contributed by atoms with Crippen molar-refractivity contribution in [1.82, 2.24) is 0 Å². The maximum absolute atomic E-state index is 10.9. The molecule has 0 spiro atoms. The van der Waals surface area contributed by atoms with Crippen molar-refractivity contribution in [2.75, 3.05) is 6.54 Å². The molecular weight excluding hydrogens is 204 g/mol. The molecule has 0 amide bonds. The van der Waals surface area contributed by atoms with Crippen molar-refractivity contribution in [2.24, 2.45) is 16.6 Å². The van der Waals surface area contributed by atoms with Crippen LogP contribution in [0.15, 0.2) is 28.6 Å². The highest BCUT2D eigenvalue weighted by atomic mass is 16.3. The van der Waals surface area contributed by atoms with E-state index in [2.05, 4.69) is 11.6 Å². The van der Waals surface area contributed by atoms with E-state index in [0.717, 1.165) is 24.1 Å². The summed E-state index contributed by atoms with van der Waals surface area (Å²) in [5.74, 6) is 0.154. The van der Waals surface area contributed by atoms with Crippen molar-refractivity contribution in [3.05, 3.63) is 23.6 Å². The van der Waals surface area contributed by atoms with Crippen LogP contribution in [-0.2, 0) is 4.79 Å². The van der Waals surface area contributed by atoms with E-state index in [1.54, 1.807) is 0 Å². The Morgan fingerprint density at radius 3 is 2.81 bits per heavy atom. The molecule has 1 rings (SSSR count). The van der Waals surface area contributed by atoms with Gasteiger partial charge in [-0.05, 0) is 25.7 Å². The summed E-state index contributed by atoms with van der Waals surface area (Å²) in [4.78, 5) is 15.1. The Kier molecular flexibility index (Phi) is 3.88. The summed E-state index contributed by atoms with van der Waals surface area (Å²) in [6, 6.07) is 0. The monoisotopic (exact) mass is 222 g/mol. The van der Waals surface area contributed by atoms with Gasteiger partial charge in [-0.2, -0.15) is 0 Å². The summed E-state index contributed by atoms with van der Waals surface area (Å²) < 4.78 is 0. The Bertz CT molecular complexity index is 380. The van der Waals surface area contributed by atoms with Gasteiger partial charge in [0, 0.05) is 11.3 Å². The van der Waals surface area contributed by atoms with Crippen LogP contribution >= 0.6 is 0 Å². The second-order valence-electron chi connectivity index (χ2n) is 4.18. The van der Waals surface area contributed by atoms with Gasteiger partial charge in [0.25, 0.3) is 0 Å². The predicted octanol–water partition coefficient (Wildman–Crippen LogP) is 1.73. The van der Waals surface area contributed by atoms with Crippen LogP contribution in [0, 0.1) is 5.92 Å². The summed E-state index contributed by atoms with van der Waals surface area (Å²) >= 11 is 0. The Morgan fingerprint density at radius 2 is 2.31 bits per heavy atom. The Morgan fingerprint density at radius 1 is 1.69 bits per heavy atom. The van der Waals surface area contributed by atoms with Crippen LogP contribution in [0.2, 0.25) is 0 Å². The molecule has 1 atom stereocenters. The van der Waals surface area contributed by atoms with Gasteiger partial charge in [0.15, 0.2) is 5.78 Å². The maximum Gasteiger partial charge on any atom is 0.151 e. The first-order valence-electron chi connectivity index (χ1n) is 5.34. The molecule has 0 aliphatic heterocycles. The average Bonchev–Trinajstić information content (AvgIpc) is 2.55. The van der Waals surface area contributed by atoms with Crippen molar-refractivity contribution in [3.63, 3.8) is 0 Å². The van der Waals surface area contributed by atoms with Crippen LogP contribution in [0.1, 0.15) is 26.7 Å². The highest BCUT2D eigenvalue weighted by Gasteiger charge is 2.26. The third-order valence-electron chi connectivity index (χ3n) is 2.71. The number of aliphatic hydroxyl groups is 1. The second-order valence-corrected chi connectivity index (χ2v) is 4.18. The lowest BCUT2D eigenvalue weighted by atomic mass is 10.0. The average molecular weight is 222 g/mol. The molecule has 0 aromatic carbocycles. The smallest absolute Gasteiger partial charge is 0.151 e. The summed E-state index contributed by atoms with van der Waals surface area (Å²) in [6.45, 7) is 7.12. The number of Topliss-reactive ketones (excluding diaryl/α,β-unsaturated/α-hetero) is 1.